The number of aliphatic carboxylic acids is 1. The Hall–Kier alpha value is -0.710. The molecule has 1 amide bonds. The van der Waals surface area contributed by atoms with E-state index in [9.17, 15) is 9.59 Å². The van der Waals surface area contributed by atoms with Gasteiger partial charge in [-0.25, -0.2) is 0 Å². The molecule has 2 rings (SSSR count). The van der Waals surface area contributed by atoms with Gasteiger partial charge in [-0.15, -0.1) is 11.8 Å². The molecular formula is C12H19NO3S. The maximum atomic E-state index is 12.1. The molecule has 0 bridgehead atoms. The van der Waals surface area contributed by atoms with Gasteiger partial charge in [0, 0.05) is 6.54 Å². The van der Waals surface area contributed by atoms with Crippen molar-refractivity contribution in [3.63, 3.8) is 0 Å². The second kappa shape index (κ2) is 4.52. The van der Waals surface area contributed by atoms with E-state index in [4.69, 9.17) is 5.11 Å². The van der Waals surface area contributed by atoms with Crippen LogP contribution in [0, 0.1) is 5.41 Å². The fourth-order valence-corrected chi connectivity index (χ4v) is 3.70. The molecule has 1 atom stereocenters. The van der Waals surface area contributed by atoms with Crippen LogP contribution in [0.4, 0.5) is 0 Å². The zero-order chi connectivity index (χ0) is 12.5. The van der Waals surface area contributed by atoms with Crippen LogP contribution in [0.5, 0.6) is 0 Å². The third kappa shape index (κ3) is 2.30. The lowest BCUT2D eigenvalue weighted by Gasteiger charge is -2.38. The van der Waals surface area contributed by atoms with Gasteiger partial charge in [0.2, 0.25) is 5.91 Å². The summed E-state index contributed by atoms with van der Waals surface area (Å²) in [5, 5.41) is 12.0. The number of hydrogen-bond donors (Lipinski definition) is 2. The lowest BCUT2D eigenvalue weighted by molar-refractivity contribution is -0.154. The van der Waals surface area contributed by atoms with Gasteiger partial charge in [-0.3, -0.25) is 9.59 Å². The molecule has 0 aromatic carbocycles. The fourth-order valence-electron chi connectivity index (χ4n) is 2.46. The number of carboxylic acid groups (broad SMARTS) is 1. The summed E-state index contributed by atoms with van der Waals surface area (Å²) in [6, 6.07) is 0. The summed E-state index contributed by atoms with van der Waals surface area (Å²) >= 11 is 1.68. The first-order chi connectivity index (χ1) is 7.99. The Morgan fingerprint density at radius 3 is 2.41 bits per heavy atom. The van der Waals surface area contributed by atoms with E-state index in [1.54, 1.807) is 11.8 Å². The second-order valence-corrected chi connectivity index (χ2v) is 6.90. The molecule has 1 heterocycles. The zero-order valence-electron chi connectivity index (χ0n) is 10.1. The molecule has 2 N–H and O–H groups in total. The van der Waals surface area contributed by atoms with E-state index in [0.717, 1.165) is 25.0 Å². The number of thioether (sulfide) groups is 1. The van der Waals surface area contributed by atoms with Gasteiger partial charge in [0.05, 0.1) is 10.2 Å². The predicted molar refractivity (Wildman–Crippen MR) is 67.0 cm³/mol. The first-order valence-electron chi connectivity index (χ1n) is 6.14. The minimum Gasteiger partial charge on any atom is -0.481 e. The van der Waals surface area contributed by atoms with Crippen LogP contribution in [-0.4, -0.2) is 34.0 Å². The van der Waals surface area contributed by atoms with Crippen molar-refractivity contribution in [3.05, 3.63) is 0 Å². The summed E-state index contributed by atoms with van der Waals surface area (Å²) < 4.78 is -0.344. The lowest BCUT2D eigenvalue weighted by Crippen LogP contribution is -2.51. The van der Waals surface area contributed by atoms with E-state index >= 15 is 0 Å². The van der Waals surface area contributed by atoms with Crippen LogP contribution in [0.3, 0.4) is 0 Å². The van der Waals surface area contributed by atoms with E-state index in [1.165, 1.54) is 0 Å². The standard InChI is InChI=1S/C12H19NO3S/c1-11(4-3-7-17-11)9(14)13-8-12(10(15)16)5-2-6-12/h2-8H2,1H3,(H,13,14)(H,15,16). The van der Waals surface area contributed by atoms with Crippen LogP contribution in [-0.2, 0) is 9.59 Å². The monoisotopic (exact) mass is 257 g/mol. The van der Waals surface area contributed by atoms with Crippen molar-refractivity contribution in [2.24, 2.45) is 5.41 Å². The van der Waals surface area contributed by atoms with E-state index in [1.807, 2.05) is 6.92 Å². The molecule has 1 aliphatic carbocycles. The van der Waals surface area contributed by atoms with Crippen LogP contribution in [0.1, 0.15) is 39.0 Å². The summed E-state index contributed by atoms with van der Waals surface area (Å²) in [7, 11) is 0. The highest BCUT2D eigenvalue weighted by Crippen LogP contribution is 2.41. The van der Waals surface area contributed by atoms with Crippen molar-refractivity contribution >= 4 is 23.6 Å². The van der Waals surface area contributed by atoms with Gasteiger partial charge in [-0.2, -0.15) is 0 Å². The first-order valence-corrected chi connectivity index (χ1v) is 7.13. The van der Waals surface area contributed by atoms with Crippen molar-refractivity contribution in [1.82, 2.24) is 5.32 Å². The van der Waals surface area contributed by atoms with Crippen molar-refractivity contribution in [3.8, 4) is 0 Å². The molecule has 2 aliphatic rings. The summed E-state index contributed by atoms with van der Waals surface area (Å²) in [5.74, 6) is 0.259. The molecule has 96 valence electrons. The molecule has 0 aromatic heterocycles. The van der Waals surface area contributed by atoms with Crippen LogP contribution in [0.25, 0.3) is 0 Å². The molecule has 1 unspecified atom stereocenters. The third-order valence-corrected chi connectivity index (χ3v) is 5.57. The van der Waals surface area contributed by atoms with Gasteiger partial charge in [-0.1, -0.05) is 6.42 Å². The maximum Gasteiger partial charge on any atom is 0.311 e. The highest BCUT2D eigenvalue weighted by Gasteiger charge is 2.46. The van der Waals surface area contributed by atoms with Gasteiger partial charge >= 0.3 is 5.97 Å². The Balaban J connectivity index is 1.89. The minimum atomic E-state index is -0.770. The molecule has 1 saturated heterocycles. The molecule has 1 aliphatic heterocycles. The number of nitrogens with one attached hydrogen (secondary N) is 1. The molecule has 0 aromatic rings. The maximum absolute atomic E-state index is 12.1. The first kappa shape index (κ1) is 12.7. The number of rotatable bonds is 4. The zero-order valence-corrected chi connectivity index (χ0v) is 10.9. The van der Waals surface area contributed by atoms with Crippen molar-refractivity contribution < 1.29 is 14.7 Å². The Morgan fingerprint density at radius 1 is 1.29 bits per heavy atom. The Kier molecular flexibility index (Phi) is 3.39. The van der Waals surface area contributed by atoms with Crippen molar-refractivity contribution in [1.29, 1.82) is 0 Å². The Labute approximate surface area is 106 Å². The molecule has 0 radical (unpaired) electrons. The largest absolute Gasteiger partial charge is 0.481 e. The summed E-state index contributed by atoms with van der Waals surface area (Å²) in [6.07, 6.45) is 4.29. The highest BCUT2D eigenvalue weighted by atomic mass is 32.2. The van der Waals surface area contributed by atoms with Gasteiger partial charge in [0.25, 0.3) is 0 Å². The number of carbonyl (C=O) groups excluding carboxylic acids is 1. The quantitative estimate of drug-likeness (QED) is 0.803. The average Bonchev–Trinajstić information content (AvgIpc) is 2.64. The number of carbonyl (C=O) groups is 2. The lowest BCUT2D eigenvalue weighted by atomic mass is 9.68. The third-order valence-electron chi connectivity index (χ3n) is 4.05. The molecule has 17 heavy (non-hydrogen) atoms. The van der Waals surface area contributed by atoms with Crippen molar-refractivity contribution in [2.75, 3.05) is 12.3 Å². The minimum absolute atomic E-state index is 0.00697. The number of amides is 1. The smallest absolute Gasteiger partial charge is 0.311 e. The summed E-state index contributed by atoms with van der Waals surface area (Å²) in [4.78, 5) is 23.2. The number of hydrogen-bond acceptors (Lipinski definition) is 3. The second-order valence-electron chi connectivity index (χ2n) is 5.30. The summed E-state index contributed by atoms with van der Waals surface area (Å²) in [5.41, 5.74) is -0.685. The SMILES string of the molecule is CC1(C(=O)NCC2(C(=O)O)CCC2)CCCS1. The van der Waals surface area contributed by atoms with Crippen molar-refractivity contribution in [2.45, 2.75) is 43.8 Å². The topological polar surface area (TPSA) is 66.4 Å². The summed E-state index contributed by atoms with van der Waals surface area (Å²) in [6.45, 7) is 2.24. The Morgan fingerprint density at radius 2 is 2.00 bits per heavy atom. The van der Waals surface area contributed by atoms with E-state index in [-0.39, 0.29) is 17.2 Å². The van der Waals surface area contributed by atoms with Gasteiger partial charge in [0.15, 0.2) is 0 Å². The molecule has 5 heteroatoms. The van der Waals surface area contributed by atoms with Crippen LogP contribution in [0.2, 0.25) is 0 Å². The molecule has 1 saturated carbocycles. The molecule has 4 nitrogen and oxygen atoms in total. The van der Waals surface area contributed by atoms with Crippen LogP contribution >= 0.6 is 11.8 Å². The fraction of sp³-hybridized carbons (Fsp3) is 0.833. The average molecular weight is 257 g/mol. The normalized spacial score (nSPS) is 30.6. The highest BCUT2D eigenvalue weighted by molar-refractivity contribution is 8.01. The van der Waals surface area contributed by atoms with Crippen LogP contribution in [0.15, 0.2) is 0 Å². The van der Waals surface area contributed by atoms with E-state index in [0.29, 0.717) is 12.8 Å². The molecule has 0 spiro atoms. The predicted octanol–water partition coefficient (Wildman–Crippen LogP) is 1.64. The molecule has 2 fully saturated rings. The number of carboxylic acids is 1. The Bertz CT molecular complexity index is 333. The van der Waals surface area contributed by atoms with Gasteiger partial charge in [-0.05, 0) is 38.4 Å². The van der Waals surface area contributed by atoms with E-state index < -0.39 is 11.4 Å². The van der Waals surface area contributed by atoms with Gasteiger partial charge < -0.3 is 10.4 Å². The van der Waals surface area contributed by atoms with Crippen LogP contribution < -0.4 is 5.32 Å². The van der Waals surface area contributed by atoms with Gasteiger partial charge in [0.1, 0.15) is 0 Å². The van der Waals surface area contributed by atoms with E-state index in [2.05, 4.69) is 5.32 Å². The molecular weight excluding hydrogens is 238 g/mol.